The van der Waals surface area contributed by atoms with Gasteiger partial charge in [-0.1, -0.05) is 13.8 Å². The number of benzene rings is 1. The fraction of sp³-hybridized carbons (Fsp3) is 0.571. The van der Waals surface area contributed by atoms with Gasteiger partial charge in [-0.2, -0.15) is 4.31 Å². The highest BCUT2D eigenvalue weighted by Gasteiger charge is 2.44. The van der Waals surface area contributed by atoms with Crippen LogP contribution in [0.4, 0.5) is 5.69 Å². The zero-order valence-corrected chi connectivity index (χ0v) is 13.0. The third kappa shape index (κ3) is 2.55. The maximum absolute atomic E-state index is 12.7. The number of hydrogen-bond acceptors (Lipinski definition) is 4. The van der Waals surface area contributed by atoms with Gasteiger partial charge in [0.2, 0.25) is 10.0 Å². The van der Waals surface area contributed by atoms with E-state index in [-0.39, 0.29) is 18.0 Å². The lowest BCUT2D eigenvalue weighted by atomic mass is 10.0. The van der Waals surface area contributed by atoms with Crippen LogP contribution >= 0.6 is 0 Å². The summed E-state index contributed by atoms with van der Waals surface area (Å²) in [7, 11) is -3.58. The van der Waals surface area contributed by atoms with Crippen molar-refractivity contribution in [3.8, 4) is 0 Å². The van der Waals surface area contributed by atoms with Gasteiger partial charge >= 0.3 is 0 Å². The maximum atomic E-state index is 12.7. The molecule has 1 aromatic carbocycles. The Bertz CT molecular complexity index is 616. The molecule has 0 aromatic heterocycles. The van der Waals surface area contributed by atoms with Gasteiger partial charge in [0.1, 0.15) is 0 Å². The number of β-amino-alcohol motifs (C(OH)–C–C–N with tert-alkyl or cyclic N) is 1. The molecule has 1 aromatic rings. The predicted molar refractivity (Wildman–Crippen MR) is 79.0 cm³/mol. The van der Waals surface area contributed by atoms with Crippen molar-refractivity contribution in [2.45, 2.75) is 44.1 Å². The molecule has 1 fully saturated rings. The number of rotatable bonds is 4. The summed E-state index contributed by atoms with van der Waals surface area (Å²) in [4.78, 5) is 0.285. The third-order valence-electron chi connectivity index (χ3n) is 3.72. The largest absolute Gasteiger partial charge is 0.398 e. The van der Waals surface area contributed by atoms with E-state index in [2.05, 4.69) is 0 Å². The highest BCUT2D eigenvalue weighted by Crippen LogP contribution is 2.32. The van der Waals surface area contributed by atoms with E-state index >= 15 is 0 Å². The Balaban J connectivity index is 2.48. The van der Waals surface area contributed by atoms with E-state index in [9.17, 15) is 13.5 Å². The Labute approximate surface area is 120 Å². The van der Waals surface area contributed by atoms with Crippen molar-refractivity contribution in [3.63, 3.8) is 0 Å². The minimum Gasteiger partial charge on any atom is -0.398 e. The van der Waals surface area contributed by atoms with Gasteiger partial charge in [0.25, 0.3) is 0 Å². The molecule has 6 heteroatoms. The van der Waals surface area contributed by atoms with E-state index in [1.807, 2.05) is 19.9 Å². The van der Waals surface area contributed by atoms with E-state index in [1.165, 1.54) is 4.31 Å². The Morgan fingerprint density at radius 1 is 1.30 bits per heavy atom. The number of aliphatic hydroxyl groups is 1. The van der Waals surface area contributed by atoms with Crippen LogP contribution in [-0.4, -0.2) is 36.5 Å². The third-order valence-corrected chi connectivity index (χ3v) is 5.57. The number of nitrogen functional groups attached to an aromatic ring is 1. The highest BCUT2D eigenvalue weighted by atomic mass is 32.2. The summed E-state index contributed by atoms with van der Waals surface area (Å²) in [6.07, 6.45) is 1.29. The standard InChI is InChI=1S/C14H22N2O3S/c1-4-10-6-12(15)11(5-2)13(7-10)20(18,19)16-8-14(3,17)9-16/h6-7,17H,4-5,8-9,15H2,1-3H3. The van der Waals surface area contributed by atoms with Crippen molar-refractivity contribution in [2.75, 3.05) is 18.8 Å². The molecule has 0 radical (unpaired) electrons. The molecule has 5 nitrogen and oxygen atoms in total. The van der Waals surface area contributed by atoms with Crippen molar-refractivity contribution in [3.05, 3.63) is 23.3 Å². The summed E-state index contributed by atoms with van der Waals surface area (Å²) in [6.45, 7) is 5.76. The first kappa shape index (κ1) is 15.3. The zero-order valence-electron chi connectivity index (χ0n) is 12.2. The number of nitrogens with two attached hydrogens (primary N) is 1. The quantitative estimate of drug-likeness (QED) is 0.817. The average Bonchev–Trinajstić information content (AvgIpc) is 2.34. The highest BCUT2D eigenvalue weighted by molar-refractivity contribution is 7.89. The van der Waals surface area contributed by atoms with E-state index in [4.69, 9.17) is 5.73 Å². The summed E-state index contributed by atoms with van der Waals surface area (Å²) >= 11 is 0. The minimum absolute atomic E-state index is 0.134. The van der Waals surface area contributed by atoms with Crippen LogP contribution in [-0.2, 0) is 22.9 Å². The summed E-state index contributed by atoms with van der Waals surface area (Å²) in [5.74, 6) is 0. The molecule has 0 amide bonds. The monoisotopic (exact) mass is 298 g/mol. The molecule has 2 rings (SSSR count). The fourth-order valence-electron chi connectivity index (χ4n) is 2.56. The Hall–Kier alpha value is -1.11. The van der Waals surface area contributed by atoms with Crippen LogP contribution in [0.3, 0.4) is 0 Å². The minimum atomic E-state index is -3.58. The van der Waals surface area contributed by atoms with E-state index in [0.29, 0.717) is 17.7 Å². The first-order valence-electron chi connectivity index (χ1n) is 6.85. The molecule has 0 bridgehead atoms. The lowest BCUT2D eigenvalue weighted by molar-refractivity contribution is -0.0426. The number of sulfonamides is 1. The van der Waals surface area contributed by atoms with Crippen LogP contribution in [0.1, 0.15) is 31.9 Å². The molecule has 112 valence electrons. The maximum Gasteiger partial charge on any atom is 0.243 e. The molecule has 3 N–H and O–H groups in total. The van der Waals surface area contributed by atoms with Gasteiger partial charge in [0, 0.05) is 18.8 Å². The van der Waals surface area contributed by atoms with Gasteiger partial charge in [-0.3, -0.25) is 0 Å². The van der Waals surface area contributed by atoms with E-state index in [0.717, 1.165) is 12.0 Å². The molecular formula is C14H22N2O3S. The van der Waals surface area contributed by atoms with Crippen LogP contribution in [0.2, 0.25) is 0 Å². The van der Waals surface area contributed by atoms with Crippen molar-refractivity contribution in [1.82, 2.24) is 4.31 Å². The van der Waals surface area contributed by atoms with Gasteiger partial charge in [0.05, 0.1) is 10.5 Å². The van der Waals surface area contributed by atoms with Gasteiger partial charge in [-0.05, 0) is 43.0 Å². The Morgan fingerprint density at radius 3 is 2.35 bits per heavy atom. The van der Waals surface area contributed by atoms with Crippen LogP contribution in [0.15, 0.2) is 17.0 Å². The predicted octanol–water partition coefficient (Wildman–Crippen LogP) is 1.15. The zero-order chi connectivity index (χ0) is 15.1. The molecule has 0 unspecified atom stereocenters. The summed E-state index contributed by atoms with van der Waals surface area (Å²) < 4.78 is 26.6. The Morgan fingerprint density at radius 2 is 1.90 bits per heavy atom. The lowest BCUT2D eigenvalue weighted by Crippen LogP contribution is -2.61. The topological polar surface area (TPSA) is 83.6 Å². The number of nitrogens with zero attached hydrogens (tertiary/aromatic N) is 1. The fourth-order valence-corrected chi connectivity index (χ4v) is 4.61. The van der Waals surface area contributed by atoms with Crippen LogP contribution in [0.25, 0.3) is 0 Å². The summed E-state index contributed by atoms with van der Waals surface area (Å²) in [6, 6.07) is 3.54. The normalized spacial score (nSPS) is 18.8. The van der Waals surface area contributed by atoms with E-state index < -0.39 is 15.6 Å². The molecule has 0 aliphatic carbocycles. The van der Waals surface area contributed by atoms with Crippen molar-refractivity contribution >= 4 is 15.7 Å². The molecule has 1 heterocycles. The smallest absolute Gasteiger partial charge is 0.243 e. The molecule has 1 aliphatic heterocycles. The van der Waals surface area contributed by atoms with Crippen LogP contribution in [0, 0.1) is 0 Å². The van der Waals surface area contributed by atoms with Crippen LogP contribution < -0.4 is 5.73 Å². The number of anilines is 1. The number of aryl methyl sites for hydroxylation is 1. The molecule has 0 spiro atoms. The van der Waals surface area contributed by atoms with Gasteiger partial charge in [-0.15, -0.1) is 0 Å². The van der Waals surface area contributed by atoms with Crippen LogP contribution in [0.5, 0.6) is 0 Å². The lowest BCUT2D eigenvalue weighted by Gasteiger charge is -2.43. The molecular weight excluding hydrogens is 276 g/mol. The Kier molecular flexibility index (Phi) is 3.83. The molecule has 1 saturated heterocycles. The second kappa shape index (κ2) is 5.02. The van der Waals surface area contributed by atoms with Crippen molar-refractivity contribution in [2.24, 2.45) is 0 Å². The molecule has 0 atom stereocenters. The molecule has 20 heavy (non-hydrogen) atoms. The number of hydrogen-bond donors (Lipinski definition) is 2. The second-order valence-corrected chi connectivity index (χ2v) is 7.55. The second-order valence-electron chi connectivity index (χ2n) is 5.64. The van der Waals surface area contributed by atoms with E-state index in [1.54, 1.807) is 13.0 Å². The molecule has 0 saturated carbocycles. The average molecular weight is 298 g/mol. The SMILES string of the molecule is CCc1cc(N)c(CC)c(S(=O)(=O)N2CC(C)(O)C2)c1. The first-order valence-corrected chi connectivity index (χ1v) is 8.29. The summed E-state index contributed by atoms with van der Waals surface area (Å²) in [5, 5.41) is 9.74. The van der Waals surface area contributed by atoms with Gasteiger partial charge in [-0.25, -0.2) is 8.42 Å². The molecule has 1 aliphatic rings. The van der Waals surface area contributed by atoms with Gasteiger partial charge in [0.15, 0.2) is 0 Å². The first-order chi connectivity index (χ1) is 9.21. The summed E-state index contributed by atoms with van der Waals surface area (Å²) in [5.41, 5.74) is 7.16. The van der Waals surface area contributed by atoms with Crippen molar-refractivity contribution < 1.29 is 13.5 Å². The van der Waals surface area contributed by atoms with Gasteiger partial charge < -0.3 is 10.8 Å². The van der Waals surface area contributed by atoms with Crippen molar-refractivity contribution in [1.29, 1.82) is 0 Å².